The number of esters is 2. The first-order chi connectivity index (χ1) is 10.2. The van der Waals surface area contributed by atoms with Crippen LogP contribution in [0.2, 0.25) is 0 Å². The second-order valence-corrected chi connectivity index (χ2v) is 5.15. The van der Waals surface area contributed by atoms with Gasteiger partial charge in [-0.2, -0.15) is 0 Å². The second-order valence-electron chi connectivity index (χ2n) is 5.15. The monoisotopic (exact) mass is 288 g/mol. The first-order valence-electron chi connectivity index (χ1n) is 7.20. The molecule has 1 aliphatic heterocycles. The summed E-state index contributed by atoms with van der Waals surface area (Å²) in [5.41, 5.74) is 0.901. The largest absolute Gasteiger partial charge is 0.465 e. The van der Waals surface area contributed by atoms with Crippen LogP contribution in [0.5, 0.6) is 0 Å². The molecule has 1 aliphatic rings. The number of rotatable bonds is 6. The van der Waals surface area contributed by atoms with Gasteiger partial charge >= 0.3 is 11.9 Å². The van der Waals surface area contributed by atoms with Gasteiger partial charge in [0.15, 0.2) is 5.92 Å². The SMILES string of the molecule is C=CCC[C@@H]1CCOC(=O)[C@H]1C(=O)OCc1ccccc1. The molecule has 0 N–H and O–H groups in total. The molecule has 0 unspecified atom stereocenters. The number of carbonyl (C=O) groups is 2. The van der Waals surface area contributed by atoms with Crippen LogP contribution in [-0.4, -0.2) is 18.5 Å². The summed E-state index contributed by atoms with van der Waals surface area (Å²) in [7, 11) is 0. The maximum Gasteiger partial charge on any atom is 0.320 e. The molecule has 1 saturated heterocycles. The molecule has 1 aromatic rings. The minimum atomic E-state index is -0.803. The van der Waals surface area contributed by atoms with E-state index in [-0.39, 0.29) is 12.5 Å². The molecule has 0 aliphatic carbocycles. The van der Waals surface area contributed by atoms with Gasteiger partial charge < -0.3 is 9.47 Å². The third kappa shape index (κ3) is 4.18. The van der Waals surface area contributed by atoms with Gasteiger partial charge in [-0.05, 0) is 30.7 Å². The Bertz CT molecular complexity index is 495. The predicted molar refractivity (Wildman–Crippen MR) is 78.2 cm³/mol. The van der Waals surface area contributed by atoms with Crippen LogP contribution in [0.4, 0.5) is 0 Å². The molecule has 0 spiro atoms. The van der Waals surface area contributed by atoms with Gasteiger partial charge in [0.05, 0.1) is 6.61 Å². The third-order valence-electron chi connectivity index (χ3n) is 3.68. The van der Waals surface area contributed by atoms with Crippen LogP contribution in [0, 0.1) is 11.8 Å². The van der Waals surface area contributed by atoms with E-state index >= 15 is 0 Å². The van der Waals surface area contributed by atoms with E-state index in [2.05, 4.69) is 6.58 Å². The predicted octanol–water partition coefficient (Wildman–Crippen LogP) is 2.88. The molecule has 0 bridgehead atoms. The fourth-order valence-corrected chi connectivity index (χ4v) is 2.51. The Morgan fingerprint density at radius 2 is 2.14 bits per heavy atom. The quantitative estimate of drug-likeness (QED) is 0.459. The molecule has 0 radical (unpaired) electrons. The molecule has 1 fully saturated rings. The molecule has 0 amide bonds. The summed E-state index contributed by atoms with van der Waals surface area (Å²) in [4.78, 5) is 24.1. The Kier molecular flexibility index (Phi) is 5.55. The standard InChI is InChI=1S/C17H20O4/c1-2-3-9-14-10-11-20-16(18)15(14)17(19)21-12-13-7-5-4-6-8-13/h2,4-8,14-15H,1,3,9-12H2/t14-,15+/m1/s1. The van der Waals surface area contributed by atoms with E-state index < -0.39 is 17.9 Å². The van der Waals surface area contributed by atoms with E-state index in [1.807, 2.05) is 30.3 Å². The van der Waals surface area contributed by atoms with Crippen LogP contribution in [0.3, 0.4) is 0 Å². The lowest BCUT2D eigenvalue weighted by Gasteiger charge is -2.28. The topological polar surface area (TPSA) is 52.6 Å². The molecule has 4 heteroatoms. The van der Waals surface area contributed by atoms with E-state index in [4.69, 9.17) is 9.47 Å². The summed E-state index contributed by atoms with van der Waals surface area (Å²) in [6.45, 7) is 4.23. The van der Waals surface area contributed by atoms with Crippen molar-refractivity contribution < 1.29 is 19.1 Å². The fraction of sp³-hybridized carbons (Fsp3) is 0.412. The van der Waals surface area contributed by atoms with Gasteiger partial charge in [0.2, 0.25) is 0 Å². The second kappa shape index (κ2) is 7.62. The van der Waals surface area contributed by atoms with Gasteiger partial charge in [0.25, 0.3) is 0 Å². The maximum atomic E-state index is 12.2. The van der Waals surface area contributed by atoms with Crippen LogP contribution in [0.25, 0.3) is 0 Å². The zero-order valence-corrected chi connectivity index (χ0v) is 12.0. The van der Waals surface area contributed by atoms with Crippen molar-refractivity contribution in [3.8, 4) is 0 Å². The lowest BCUT2D eigenvalue weighted by atomic mass is 9.84. The van der Waals surface area contributed by atoms with Crippen LogP contribution in [0.1, 0.15) is 24.8 Å². The number of hydrogen-bond donors (Lipinski definition) is 0. The van der Waals surface area contributed by atoms with Crippen molar-refractivity contribution in [1.29, 1.82) is 0 Å². The van der Waals surface area contributed by atoms with Crippen molar-refractivity contribution in [2.45, 2.75) is 25.9 Å². The average molecular weight is 288 g/mol. The van der Waals surface area contributed by atoms with Crippen LogP contribution in [-0.2, 0) is 25.7 Å². The van der Waals surface area contributed by atoms with E-state index in [1.54, 1.807) is 6.08 Å². The lowest BCUT2D eigenvalue weighted by molar-refractivity contribution is -0.171. The number of cyclic esters (lactones) is 1. The molecular weight excluding hydrogens is 268 g/mol. The van der Waals surface area contributed by atoms with Crippen molar-refractivity contribution in [1.82, 2.24) is 0 Å². The lowest BCUT2D eigenvalue weighted by Crippen LogP contribution is -2.39. The number of hydrogen-bond acceptors (Lipinski definition) is 4. The smallest absolute Gasteiger partial charge is 0.320 e. The Balaban J connectivity index is 1.96. The number of benzene rings is 1. The minimum absolute atomic E-state index is 0.0208. The Hall–Kier alpha value is -2.10. The normalized spacial score (nSPS) is 21.4. The summed E-state index contributed by atoms with van der Waals surface area (Å²) in [6, 6.07) is 9.41. The zero-order valence-electron chi connectivity index (χ0n) is 12.0. The van der Waals surface area contributed by atoms with Crippen LogP contribution in [0.15, 0.2) is 43.0 Å². The first-order valence-corrected chi connectivity index (χ1v) is 7.20. The molecule has 1 aromatic carbocycles. The van der Waals surface area contributed by atoms with E-state index in [0.717, 1.165) is 18.4 Å². The van der Waals surface area contributed by atoms with Gasteiger partial charge in [0, 0.05) is 0 Å². The maximum absolute atomic E-state index is 12.2. The van der Waals surface area contributed by atoms with Crippen LogP contribution >= 0.6 is 0 Å². The number of allylic oxidation sites excluding steroid dienone is 1. The molecule has 112 valence electrons. The summed E-state index contributed by atoms with van der Waals surface area (Å²) in [6.07, 6.45) is 4.03. The van der Waals surface area contributed by atoms with E-state index in [0.29, 0.717) is 13.0 Å². The average Bonchev–Trinajstić information content (AvgIpc) is 2.51. The molecule has 2 rings (SSSR count). The van der Waals surface area contributed by atoms with Gasteiger partial charge in [-0.1, -0.05) is 36.4 Å². The van der Waals surface area contributed by atoms with Crippen LogP contribution < -0.4 is 0 Å². The molecule has 4 nitrogen and oxygen atoms in total. The molecule has 0 saturated carbocycles. The van der Waals surface area contributed by atoms with Crippen molar-refractivity contribution >= 4 is 11.9 Å². The van der Waals surface area contributed by atoms with Gasteiger partial charge in [0.1, 0.15) is 6.61 Å². The molecule has 1 heterocycles. The highest BCUT2D eigenvalue weighted by atomic mass is 16.6. The highest BCUT2D eigenvalue weighted by molar-refractivity contribution is 5.95. The Labute approximate surface area is 124 Å². The summed E-state index contributed by atoms with van der Waals surface area (Å²) in [5, 5.41) is 0. The van der Waals surface area contributed by atoms with Crippen molar-refractivity contribution in [3.63, 3.8) is 0 Å². The highest BCUT2D eigenvalue weighted by Crippen LogP contribution is 2.28. The number of ether oxygens (including phenoxy) is 2. The Morgan fingerprint density at radius 1 is 1.38 bits per heavy atom. The van der Waals surface area contributed by atoms with Gasteiger partial charge in [-0.15, -0.1) is 6.58 Å². The molecule has 0 aromatic heterocycles. The van der Waals surface area contributed by atoms with Crippen molar-refractivity contribution in [2.75, 3.05) is 6.61 Å². The van der Waals surface area contributed by atoms with Crippen molar-refractivity contribution in [2.24, 2.45) is 11.8 Å². The zero-order chi connectivity index (χ0) is 15.1. The number of carbonyl (C=O) groups excluding carboxylic acids is 2. The minimum Gasteiger partial charge on any atom is -0.465 e. The first kappa shape index (κ1) is 15.3. The van der Waals surface area contributed by atoms with Gasteiger partial charge in [-0.3, -0.25) is 9.59 Å². The van der Waals surface area contributed by atoms with E-state index in [9.17, 15) is 9.59 Å². The summed E-state index contributed by atoms with van der Waals surface area (Å²) < 4.78 is 10.3. The summed E-state index contributed by atoms with van der Waals surface area (Å²) in [5.74, 6) is -1.78. The molecule has 2 atom stereocenters. The summed E-state index contributed by atoms with van der Waals surface area (Å²) >= 11 is 0. The van der Waals surface area contributed by atoms with E-state index in [1.165, 1.54) is 0 Å². The van der Waals surface area contributed by atoms with Crippen molar-refractivity contribution in [3.05, 3.63) is 48.6 Å². The molecule has 21 heavy (non-hydrogen) atoms. The highest BCUT2D eigenvalue weighted by Gasteiger charge is 2.40. The Morgan fingerprint density at radius 3 is 2.86 bits per heavy atom. The fourth-order valence-electron chi connectivity index (χ4n) is 2.51. The third-order valence-corrected chi connectivity index (χ3v) is 3.68. The van der Waals surface area contributed by atoms with Gasteiger partial charge in [-0.25, -0.2) is 0 Å². The molecular formula is C17H20O4.